The molecule has 4 rings (SSSR count). The van der Waals surface area contributed by atoms with Crippen LogP contribution in [0.15, 0.2) is 45.6 Å². The summed E-state index contributed by atoms with van der Waals surface area (Å²) in [6.45, 7) is 1.51. The van der Waals surface area contributed by atoms with Gasteiger partial charge in [-0.25, -0.2) is 0 Å². The molecule has 0 radical (unpaired) electrons. The molecule has 0 aliphatic carbocycles. The molecule has 10 nitrogen and oxygen atoms in total. The molecule has 2 heterocycles. The summed E-state index contributed by atoms with van der Waals surface area (Å²) in [5.74, 6) is 0.0757. The molecule has 1 aliphatic rings. The van der Waals surface area contributed by atoms with E-state index in [1.54, 1.807) is 24.3 Å². The zero-order valence-corrected chi connectivity index (χ0v) is 18.1. The highest BCUT2D eigenvalue weighted by Gasteiger charge is 2.43. The number of ether oxygens (including phenoxy) is 4. The summed E-state index contributed by atoms with van der Waals surface area (Å²) in [6.07, 6.45) is -6.64. The Labute approximate surface area is 188 Å². The van der Waals surface area contributed by atoms with Crippen LogP contribution < -0.4 is 19.6 Å². The summed E-state index contributed by atoms with van der Waals surface area (Å²) in [5.41, 5.74) is 0.0932. The topological polar surface area (TPSA) is 148 Å². The monoisotopic (exact) mass is 460 g/mol. The second-order valence-electron chi connectivity index (χ2n) is 7.63. The molecule has 33 heavy (non-hydrogen) atoms. The third-order valence-electron chi connectivity index (χ3n) is 5.54. The molecule has 1 saturated heterocycles. The lowest BCUT2D eigenvalue weighted by molar-refractivity contribution is -0.268. The number of rotatable bonds is 5. The van der Waals surface area contributed by atoms with E-state index in [0.717, 1.165) is 0 Å². The van der Waals surface area contributed by atoms with Crippen LogP contribution in [-0.4, -0.2) is 65.4 Å². The number of fused-ring (bicyclic) bond motifs is 1. The fourth-order valence-electron chi connectivity index (χ4n) is 3.68. The van der Waals surface area contributed by atoms with E-state index in [1.165, 1.54) is 33.3 Å². The Balaban J connectivity index is 1.79. The largest absolute Gasteiger partial charge is 0.504 e. The van der Waals surface area contributed by atoms with Crippen molar-refractivity contribution in [3.8, 4) is 34.3 Å². The Morgan fingerprint density at radius 3 is 2.27 bits per heavy atom. The van der Waals surface area contributed by atoms with Crippen LogP contribution in [0.5, 0.6) is 23.0 Å². The van der Waals surface area contributed by atoms with Crippen LogP contribution in [0.4, 0.5) is 0 Å². The minimum absolute atomic E-state index is 0.000508. The summed E-state index contributed by atoms with van der Waals surface area (Å²) >= 11 is 0. The molecule has 1 fully saturated rings. The van der Waals surface area contributed by atoms with Gasteiger partial charge in [-0.2, -0.15) is 0 Å². The molecule has 0 bridgehead atoms. The van der Waals surface area contributed by atoms with Gasteiger partial charge in [-0.3, -0.25) is 4.79 Å². The van der Waals surface area contributed by atoms with Gasteiger partial charge >= 0.3 is 0 Å². The summed E-state index contributed by atoms with van der Waals surface area (Å²) in [5, 5.41) is 40.8. The number of phenolic OH excluding ortho intramolecular Hbond substituents is 1. The van der Waals surface area contributed by atoms with E-state index in [0.29, 0.717) is 11.3 Å². The third-order valence-corrected chi connectivity index (χ3v) is 5.54. The van der Waals surface area contributed by atoms with Crippen molar-refractivity contribution in [2.24, 2.45) is 0 Å². The quantitative estimate of drug-likeness (QED) is 0.440. The number of aliphatic hydroxyl groups is 3. The lowest BCUT2D eigenvalue weighted by atomic mass is 10.00. The molecule has 2 aromatic carbocycles. The first-order valence-corrected chi connectivity index (χ1v) is 10.1. The number of aliphatic hydroxyl groups excluding tert-OH is 3. The first-order chi connectivity index (χ1) is 15.7. The van der Waals surface area contributed by atoms with Gasteiger partial charge in [0.2, 0.25) is 12.0 Å². The number of phenols is 1. The van der Waals surface area contributed by atoms with Gasteiger partial charge in [-0.05, 0) is 31.2 Å². The zero-order valence-electron chi connectivity index (χ0n) is 18.1. The number of hydrogen-bond acceptors (Lipinski definition) is 10. The molecule has 0 spiro atoms. The maximum Gasteiger partial charge on any atom is 0.229 e. The normalized spacial score (nSPS) is 25.1. The highest BCUT2D eigenvalue weighted by Crippen LogP contribution is 2.43. The van der Waals surface area contributed by atoms with E-state index in [9.17, 15) is 25.2 Å². The van der Waals surface area contributed by atoms with Crippen molar-refractivity contribution in [3.63, 3.8) is 0 Å². The molecule has 10 heteroatoms. The van der Waals surface area contributed by atoms with Crippen LogP contribution in [0.2, 0.25) is 0 Å². The number of hydrogen-bond donors (Lipinski definition) is 4. The number of benzene rings is 2. The van der Waals surface area contributed by atoms with Gasteiger partial charge in [0.15, 0.2) is 16.9 Å². The molecule has 1 aliphatic heterocycles. The smallest absolute Gasteiger partial charge is 0.229 e. The third kappa shape index (κ3) is 4.09. The average Bonchev–Trinajstić information content (AvgIpc) is 2.81. The lowest BCUT2D eigenvalue weighted by Gasteiger charge is -2.39. The second kappa shape index (κ2) is 8.91. The predicted molar refractivity (Wildman–Crippen MR) is 116 cm³/mol. The Morgan fingerprint density at radius 2 is 1.64 bits per heavy atom. The highest BCUT2D eigenvalue weighted by atomic mass is 16.7. The maximum atomic E-state index is 12.8. The molecule has 176 valence electrons. The van der Waals surface area contributed by atoms with Crippen molar-refractivity contribution in [2.45, 2.75) is 37.6 Å². The van der Waals surface area contributed by atoms with Gasteiger partial charge in [0.25, 0.3) is 0 Å². The maximum absolute atomic E-state index is 12.8. The van der Waals surface area contributed by atoms with Crippen molar-refractivity contribution >= 4 is 11.0 Å². The summed E-state index contributed by atoms with van der Waals surface area (Å²) in [4.78, 5) is 12.8. The second-order valence-corrected chi connectivity index (χ2v) is 7.63. The van der Waals surface area contributed by atoms with Crippen LogP contribution in [0.3, 0.4) is 0 Å². The molecule has 5 atom stereocenters. The van der Waals surface area contributed by atoms with Crippen LogP contribution in [0.25, 0.3) is 22.3 Å². The molecular formula is C23H24O10. The fraction of sp³-hybridized carbons (Fsp3) is 0.348. The van der Waals surface area contributed by atoms with Crippen molar-refractivity contribution in [1.29, 1.82) is 0 Å². The molecule has 4 N–H and O–H groups in total. The van der Waals surface area contributed by atoms with Gasteiger partial charge < -0.3 is 43.8 Å². The predicted octanol–water partition coefficient (Wildman–Crippen LogP) is 1.39. The Hall–Kier alpha value is -3.31. The van der Waals surface area contributed by atoms with Gasteiger partial charge in [0.1, 0.15) is 40.8 Å². The van der Waals surface area contributed by atoms with Crippen molar-refractivity contribution in [2.75, 3.05) is 14.2 Å². The van der Waals surface area contributed by atoms with E-state index in [1.807, 2.05) is 0 Å². The molecule has 1 aromatic heterocycles. The lowest BCUT2D eigenvalue weighted by Crippen LogP contribution is -2.58. The van der Waals surface area contributed by atoms with Gasteiger partial charge in [-0.1, -0.05) is 0 Å². The van der Waals surface area contributed by atoms with Gasteiger partial charge in [0, 0.05) is 17.7 Å². The van der Waals surface area contributed by atoms with E-state index in [-0.39, 0.29) is 28.2 Å². The van der Waals surface area contributed by atoms with E-state index < -0.39 is 41.9 Å². The van der Waals surface area contributed by atoms with Gasteiger partial charge in [0.05, 0.1) is 20.3 Å². The van der Waals surface area contributed by atoms with Crippen molar-refractivity contribution in [3.05, 3.63) is 46.6 Å². The fourth-order valence-corrected chi connectivity index (χ4v) is 3.68. The molecular weight excluding hydrogens is 436 g/mol. The minimum Gasteiger partial charge on any atom is -0.504 e. The summed E-state index contributed by atoms with van der Waals surface area (Å²) in [7, 11) is 2.80. The number of aromatic hydroxyl groups is 1. The zero-order chi connectivity index (χ0) is 23.9. The van der Waals surface area contributed by atoms with E-state index in [4.69, 9.17) is 23.4 Å². The van der Waals surface area contributed by atoms with Crippen molar-refractivity contribution in [1.82, 2.24) is 0 Å². The van der Waals surface area contributed by atoms with E-state index >= 15 is 0 Å². The molecule has 3 aromatic rings. The Kier molecular flexibility index (Phi) is 6.17. The molecule has 0 saturated carbocycles. The summed E-state index contributed by atoms with van der Waals surface area (Å²) in [6, 6.07) is 9.41. The first kappa shape index (κ1) is 22.9. The standard InChI is InChI=1S/C23H24O10/c1-10-18(25)20(27)21(28)23(31-10)33-16-9-15-17(19(26)22(16)30-3)13(24)8-14(32-15)11-4-6-12(29-2)7-5-11/h4-10,18,20-21,23,25-28H,1-3H3. The SMILES string of the molecule is COc1ccc(-c2cc(=O)c3c(O)c(OC)c(OC4OC(C)C(O)C(O)C4O)cc3o2)cc1. The van der Waals surface area contributed by atoms with Crippen LogP contribution in [0, 0.1) is 0 Å². The Bertz CT molecular complexity index is 1200. The van der Waals surface area contributed by atoms with Gasteiger partial charge in [-0.15, -0.1) is 0 Å². The summed E-state index contributed by atoms with van der Waals surface area (Å²) < 4.78 is 27.3. The first-order valence-electron chi connectivity index (χ1n) is 10.1. The van der Waals surface area contributed by atoms with E-state index in [2.05, 4.69) is 0 Å². The van der Waals surface area contributed by atoms with Crippen LogP contribution >= 0.6 is 0 Å². The molecule has 0 amide bonds. The highest BCUT2D eigenvalue weighted by molar-refractivity contribution is 5.89. The van der Waals surface area contributed by atoms with Crippen LogP contribution in [-0.2, 0) is 4.74 Å². The number of methoxy groups -OCH3 is 2. The van der Waals surface area contributed by atoms with Crippen molar-refractivity contribution < 1.29 is 43.8 Å². The Morgan fingerprint density at radius 1 is 0.939 bits per heavy atom. The van der Waals surface area contributed by atoms with Crippen LogP contribution in [0.1, 0.15) is 6.92 Å². The molecule has 5 unspecified atom stereocenters. The minimum atomic E-state index is -1.59. The average molecular weight is 460 g/mol.